The number of hydrogen-bond donors (Lipinski definition) is 4. The summed E-state index contributed by atoms with van der Waals surface area (Å²) in [6.07, 6.45) is 0.267. The fourth-order valence-corrected chi connectivity index (χ4v) is 3.77. The van der Waals surface area contributed by atoms with Crippen LogP contribution in [0.25, 0.3) is 0 Å². The van der Waals surface area contributed by atoms with Gasteiger partial charge in [-0.15, -0.1) is 0 Å². The third-order valence-electron chi connectivity index (χ3n) is 3.93. The summed E-state index contributed by atoms with van der Waals surface area (Å²) in [5, 5.41) is 27.8. The molecule has 0 amide bonds. The van der Waals surface area contributed by atoms with Crippen molar-refractivity contribution in [3.05, 3.63) is 0 Å². The maximum Gasteiger partial charge on any atom is 0.159 e. The summed E-state index contributed by atoms with van der Waals surface area (Å²) < 4.78 is 5.96. The van der Waals surface area contributed by atoms with Crippen LogP contribution in [0.3, 0.4) is 0 Å². The van der Waals surface area contributed by atoms with Crippen molar-refractivity contribution >= 4 is 16.9 Å². The number of aliphatic hydroxyl groups is 2. The van der Waals surface area contributed by atoms with Crippen molar-refractivity contribution in [2.75, 3.05) is 7.05 Å². The molecule has 1 unspecified atom stereocenters. The number of thioether (sulfide) groups is 1. The molecular formula is C12H21N3O3S. The molecule has 3 rings (SSSR count). The zero-order valence-electron chi connectivity index (χ0n) is 11.1. The molecule has 19 heavy (non-hydrogen) atoms. The molecule has 0 bridgehead atoms. The molecule has 0 aromatic carbocycles. The number of hydrogen-bond acceptors (Lipinski definition) is 6. The van der Waals surface area contributed by atoms with Gasteiger partial charge in [0.15, 0.2) is 5.17 Å². The van der Waals surface area contributed by atoms with Crippen LogP contribution in [0.15, 0.2) is 4.99 Å². The van der Waals surface area contributed by atoms with Crippen molar-refractivity contribution in [3.63, 3.8) is 0 Å². The van der Waals surface area contributed by atoms with Crippen molar-refractivity contribution in [1.82, 2.24) is 10.6 Å². The van der Waals surface area contributed by atoms with E-state index in [2.05, 4.69) is 15.6 Å². The zero-order valence-corrected chi connectivity index (χ0v) is 11.9. The van der Waals surface area contributed by atoms with E-state index in [0.717, 1.165) is 5.17 Å². The topological polar surface area (TPSA) is 86.1 Å². The van der Waals surface area contributed by atoms with Gasteiger partial charge in [-0.05, 0) is 19.8 Å². The van der Waals surface area contributed by atoms with Crippen LogP contribution < -0.4 is 10.6 Å². The Morgan fingerprint density at radius 1 is 1.42 bits per heavy atom. The fraction of sp³-hybridized carbons (Fsp3) is 0.917. The summed E-state index contributed by atoms with van der Waals surface area (Å²) >= 11 is 1.47. The van der Waals surface area contributed by atoms with Crippen LogP contribution in [-0.2, 0) is 4.74 Å². The van der Waals surface area contributed by atoms with Gasteiger partial charge in [-0.2, -0.15) is 0 Å². The van der Waals surface area contributed by atoms with Crippen LogP contribution in [0, 0.1) is 0 Å². The van der Waals surface area contributed by atoms with E-state index in [4.69, 9.17) is 4.74 Å². The largest absolute Gasteiger partial charge is 0.388 e. The summed E-state index contributed by atoms with van der Waals surface area (Å²) in [6.45, 7) is 2.00. The maximum atomic E-state index is 10.2. The number of fused-ring (bicyclic) bond motifs is 1. The number of amidine groups is 1. The third kappa shape index (κ3) is 2.62. The molecule has 6 atom stereocenters. The molecule has 1 saturated carbocycles. The molecule has 7 heteroatoms. The van der Waals surface area contributed by atoms with Gasteiger partial charge in [0.1, 0.15) is 23.7 Å². The lowest BCUT2D eigenvalue weighted by atomic mass is 9.94. The molecule has 2 heterocycles. The lowest BCUT2D eigenvalue weighted by Gasteiger charge is -2.41. The molecule has 0 radical (unpaired) electrons. The molecule has 0 aromatic heterocycles. The minimum absolute atomic E-state index is 0.0290. The van der Waals surface area contributed by atoms with Gasteiger partial charge in [0.05, 0.1) is 6.04 Å². The fourth-order valence-electron chi connectivity index (χ4n) is 2.68. The Hall–Kier alpha value is -0.340. The Labute approximate surface area is 117 Å². The molecule has 3 fully saturated rings. The average molecular weight is 287 g/mol. The first-order valence-electron chi connectivity index (χ1n) is 6.77. The molecule has 4 N–H and O–H groups in total. The van der Waals surface area contributed by atoms with E-state index in [1.165, 1.54) is 24.6 Å². The van der Waals surface area contributed by atoms with E-state index in [1.54, 1.807) is 7.05 Å². The van der Waals surface area contributed by atoms with Gasteiger partial charge in [-0.25, -0.2) is 0 Å². The van der Waals surface area contributed by atoms with Crippen LogP contribution in [0.2, 0.25) is 0 Å². The highest BCUT2D eigenvalue weighted by atomic mass is 32.2. The third-order valence-corrected chi connectivity index (χ3v) is 5.09. The van der Waals surface area contributed by atoms with Crippen molar-refractivity contribution in [2.45, 2.75) is 61.6 Å². The Bertz CT molecular complexity index is 377. The number of aliphatic imine (C=N–C) groups is 1. The number of rotatable bonds is 3. The first-order chi connectivity index (χ1) is 9.10. The molecule has 1 aliphatic carbocycles. The predicted molar refractivity (Wildman–Crippen MR) is 74.2 cm³/mol. The van der Waals surface area contributed by atoms with Crippen LogP contribution >= 0.6 is 11.8 Å². The highest BCUT2D eigenvalue weighted by molar-refractivity contribution is 8.14. The van der Waals surface area contributed by atoms with Crippen molar-refractivity contribution in [1.29, 1.82) is 0 Å². The summed E-state index contributed by atoms with van der Waals surface area (Å²) in [6, 6.07) is 0.284. The minimum Gasteiger partial charge on any atom is -0.388 e. The van der Waals surface area contributed by atoms with Crippen LogP contribution in [0.5, 0.6) is 0 Å². The normalized spacial score (nSPS) is 45.9. The van der Waals surface area contributed by atoms with Gasteiger partial charge in [0, 0.05) is 19.1 Å². The Morgan fingerprint density at radius 3 is 2.79 bits per heavy atom. The first-order valence-corrected chi connectivity index (χ1v) is 7.65. The van der Waals surface area contributed by atoms with E-state index in [1.807, 2.05) is 6.92 Å². The second-order valence-corrected chi connectivity index (χ2v) is 6.58. The predicted octanol–water partition coefficient (Wildman–Crippen LogP) is -0.736. The van der Waals surface area contributed by atoms with E-state index >= 15 is 0 Å². The Kier molecular flexibility index (Phi) is 3.74. The smallest absolute Gasteiger partial charge is 0.159 e. The highest BCUT2D eigenvalue weighted by Gasteiger charge is 2.50. The average Bonchev–Trinajstić information content (AvgIpc) is 3.10. The lowest BCUT2D eigenvalue weighted by Crippen LogP contribution is -2.63. The van der Waals surface area contributed by atoms with Crippen molar-refractivity contribution < 1.29 is 14.9 Å². The molecule has 0 aromatic rings. The first kappa shape index (κ1) is 13.6. The SMILES string of the molecule is CN=C1N[C@@H]2[C@@H](O)[C@H](O)[C@@H](C(C)NC3CC3)O[C@@H]2S1. The minimum atomic E-state index is -0.883. The van der Waals surface area contributed by atoms with E-state index in [9.17, 15) is 10.2 Å². The maximum absolute atomic E-state index is 10.2. The molecule has 0 spiro atoms. The molecule has 6 nitrogen and oxygen atoms in total. The number of nitrogens with one attached hydrogen (secondary N) is 2. The standard InChI is InChI=1S/C12H21N3O3S/c1-5(14-6-3-4-6)10-9(17)8(16)7-11(18-10)19-12(13-2)15-7/h5-11,14,16-17H,3-4H2,1-2H3,(H,13,15)/t5?,7-,8-,9+,10-,11-/m1/s1. The van der Waals surface area contributed by atoms with Crippen LogP contribution in [-0.4, -0.2) is 64.3 Å². The summed E-state index contributed by atoms with van der Waals surface area (Å²) in [4.78, 5) is 4.08. The molecule has 2 saturated heterocycles. The second-order valence-electron chi connectivity index (χ2n) is 5.50. The number of ether oxygens (including phenoxy) is 1. The van der Waals surface area contributed by atoms with Gasteiger partial charge in [-0.3, -0.25) is 4.99 Å². The molecule has 3 aliphatic rings. The number of nitrogens with zero attached hydrogens (tertiary/aromatic N) is 1. The van der Waals surface area contributed by atoms with E-state index in [0.29, 0.717) is 6.04 Å². The Morgan fingerprint density at radius 2 is 2.16 bits per heavy atom. The van der Waals surface area contributed by atoms with Crippen molar-refractivity contribution in [3.8, 4) is 0 Å². The van der Waals surface area contributed by atoms with E-state index < -0.39 is 12.2 Å². The lowest BCUT2D eigenvalue weighted by molar-refractivity contribution is -0.164. The quantitative estimate of drug-likeness (QED) is 0.547. The highest BCUT2D eigenvalue weighted by Crippen LogP contribution is 2.35. The van der Waals surface area contributed by atoms with Crippen LogP contribution in [0.4, 0.5) is 0 Å². The Balaban J connectivity index is 1.69. The van der Waals surface area contributed by atoms with Gasteiger partial charge in [0.25, 0.3) is 0 Å². The monoisotopic (exact) mass is 287 g/mol. The summed E-state index contributed by atoms with van der Waals surface area (Å²) in [5.74, 6) is 0. The molecule has 108 valence electrons. The molecule has 2 aliphatic heterocycles. The van der Waals surface area contributed by atoms with Crippen molar-refractivity contribution in [2.24, 2.45) is 4.99 Å². The van der Waals surface area contributed by atoms with Gasteiger partial charge in [0.2, 0.25) is 0 Å². The number of aliphatic hydroxyl groups excluding tert-OH is 2. The van der Waals surface area contributed by atoms with Gasteiger partial charge >= 0.3 is 0 Å². The van der Waals surface area contributed by atoms with E-state index in [-0.39, 0.29) is 23.6 Å². The second kappa shape index (κ2) is 5.21. The summed E-state index contributed by atoms with van der Waals surface area (Å²) in [5.41, 5.74) is -0.189. The zero-order chi connectivity index (χ0) is 13.6. The van der Waals surface area contributed by atoms with Gasteiger partial charge < -0.3 is 25.6 Å². The molecular weight excluding hydrogens is 266 g/mol. The summed E-state index contributed by atoms with van der Waals surface area (Å²) in [7, 11) is 1.70. The van der Waals surface area contributed by atoms with Crippen LogP contribution in [0.1, 0.15) is 19.8 Å². The van der Waals surface area contributed by atoms with Gasteiger partial charge in [-0.1, -0.05) is 11.8 Å².